The van der Waals surface area contributed by atoms with E-state index in [2.05, 4.69) is 24.5 Å². The van der Waals surface area contributed by atoms with Crippen LogP contribution in [0.25, 0.3) is 0 Å². The van der Waals surface area contributed by atoms with Crippen LogP contribution >= 0.6 is 0 Å². The molecule has 0 radical (unpaired) electrons. The summed E-state index contributed by atoms with van der Waals surface area (Å²) in [5.74, 6) is -0.264. The van der Waals surface area contributed by atoms with Crippen LogP contribution in [-0.2, 0) is 23.8 Å². The summed E-state index contributed by atoms with van der Waals surface area (Å²) in [5.41, 5.74) is -1.30. The van der Waals surface area contributed by atoms with E-state index in [9.17, 15) is 24.9 Å². The van der Waals surface area contributed by atoms with E-state index >= 15 is 0 Å². The number of hydrogen-bond donors (Lipinski definition) is 5. The molecule has 0 aromatic heterocycles. The molecule has 1 saturated heterocycles. The molecule has 218 valence electrons. The minimum Gasteiger partial charge on any atom is -0.394 e. The molecular formula is C27H52N2O8. The molecule has 0 aliphatic carbocycles. The lowest BCUT2D eigenvalue weighted by molar-refractivity contribution is -0.275. The summed E-state index contributed by atoms with van der Waals surface area (Å²) in [4.78, 5) is 24.6. The first-order chi connectivity index (χ1) is 16.9. The third kappa shape index (κ3) is 11.1. The van der Waals surface area contributed by atoms with Crippen LogP contribution in [0.15, 0.2) is 0 Å². The first kappa shape index (κ1) is 33.7. The van der Waals surface area contributed by atoms with Crippen molar-refractivity contribution < 1.29 is 39.1 Å². The maximum atomic E-state index is 13.0. The van der Waals surface area contributed by atoms with Crippen molar-refractivity contribution in [1.82, 2.24) is 10.6 Å². The van der Waals surface area contributed by atoms with E-state index in [1.807, 2.05) is 41.5 Å². The highest BCUT2D eigenvalue weighted by molar-refractivity contribution is 5.81. The quantitative estimate of drug-likeness (QED) is 0.214. The Balaban J connectivity index is 2.66. The second kappa shape index (κ2) is 14.2. The van der Waals surface area contributed by atoms with E-state index in [-0.39, 0.29) is 23.8 Å². The average molecular weight is 533 g/mol. The fourth-order valence-corrected chi connectivity index (χ4v) is 5.08. The number of nitrogens with one attached hydrogen (secondary N) is 2. The molecule has 0 aromatic rings. The van der Waals surface area contributed by atoms with Gasteiger partial charge in [0.15, 0.2) is 6.29 Å². The van der Waals surface area contributed by atoms with Crippen LogP contribution in [0.3, 0.4) is 0 Å². The Hall–Kier alpha value is -1.30. The lowest BCUT2D eigenvalue weighted by atomic mass is 9.80. The molecule has 1 heterocycles. The predicted octanol–water partition coefficient (Wildman–Crippen LogP) is 1.74. The monoisotopic (exact) mass is 532 g/mol. The molecule has 0 saturated carbocycles. The van der Waals surface area contributed by atoms with Crippen LogP contribution in [-0.4, -0.2) is 89.7 Å². The SMILES string of the molecule is CCCOC(C)(C)CC(C)(C)C(=O)NCC(C)CC(C)(C)COC1OC(CO)C(O)C(O)C1NC(C)=O. The Morgan fingerprint density at radius 3 is 2.24 bits per heavy atom. The van der Waals surface area contributed by atoms with Crippen molar-refractivity contribution in [3.8, 4) is 0 Å². The molecule has 1 fully saturated rings. The van der Waals surface area contributed by atoms with Crippen molar-refractivity contribution in [1.29, 1.82) is 0 Å². The van der Waals surface area contributed by atoms with E-state index < -0.39 is 54.2 Å². The Labute approximate surface area is 222 Å². The average Bonchev–Trinajstić information content (AvgIpc) is 2.77. The maximum absolute atomic E-state index is 13.0. The number of rotatable bonds is 15. The maximum Gasteiger partial charge on any atom is 0.225 e. The minimum atomic E-state index is -1.36. The normalized spacial score (nSPS) is 26.0. The van der Waals surface area contributed by atoms with Gasteiger partial charge < -0.3 is 40.2 Å². The summed E-state index contributed by atoms with van der Waals surface area (Å²) in [6.45, 7) is 18.3. The number of ether oxygens (including phenoxy) is 3. The van der Waals surface area contributed by atoms with Crippen LogP contribution in [0.1, 0.15) is 81.6 Å². The Morgan fingerprint density at radius 2 is 1.70 bits per heavy atom. The van der Waals surface area contributed by atoms with Crippen molar-refractivity contribution in [2.75, 3.05) is 26.4 Å². The van der Waals surface area contributed by atoms with E-state index in [0.29, 0.717) is 19.6 Å². The molecule has 2 amide bonds. The number of carbonyl (C=O) groups is 2. The molecule has 1 aliphatic heterocycles. The number of aliphatic hydroxyl groups is 3. The van der Waals surface area contributed by atoms with Gasteiger partial charge in [-0.2, -0.15) is 0 Å². The molecule has 6 atom stereocenters. The number of aliphatic hydroxyl groups excluding tert-OH is 3. The van der Waals surface area contributed by atoms with Gasteiger partial charge in [-0.25, -0.2) is 0 Å². The Morgan fingerprint density at radius 1 is 1.08 bits per heavy atom. The van der Waals surface area contributed by atoms with Crippen molar-refractivity contribution >= 4 is 11.8 Å². The molecule has 10 heteroatoms. The van der Waals surface area contributed by atoms with Crippen LogP contribution < -0.4 is 10.6 Å². The standard InChI is InChI=1S/C27H52N2O8/c1-10-11-36-27(8,9)15-26(6,7)24(34)28-13-17(2)12-25(4,5)16-35-23-20(29-18(3)31)22(33)21(32)19(14-30)37-23/h17,19-23,30,32-33H,10-16H2,1-9H3,(H,28,34)(H,29,31). The third-order valence-electron chi connectivity index (χ3n) is 6.58. The van der Waals surface area contributed by atoms with Gasteiger partial charge in [-0.3, -0.25) is 9.59 Å². The lowest BCUT2D eigenvalue weighted by Gasteiger charge is -2.43. The van der Waals surface area contributed by atoms with Gasteiger partial charge in [0, 0.05) is 25.5 Å². The van der Waals surface area contributed by atoms with Crippen LogP contribution in [0.2, 0.25) is 0 Å². The van der Waals surface area contributed by atoms with Gasteiger partial charge in [0.2, 0.25) is 11.8 Å². The Bertz CT molecular complexity index is 727. The summed E-state index contributed by atoms with van der Waals surface area (Å²) in [6, 6.07) is -0.976. The van der Waals surface area contributed by atoms with E-state index in [0.717, 1.165) is 12.8 Å². The zero-order valence-corrected chi connectivity index (χ0v) is 24.3. The zero-order chi connectivity index (χ0) is 28.6. The van der Waals surface area contributed by atoms with Crippen LogP contribution in [0.4, 0.5) is 0 Å². The van der Waals surface area contributed by atoms with Crippen molar-refractivity contribution in [2.45, 2.75) is 118 Å². The van der Waals surface area contributed by atoms with Crippen molar-refractivity contribution in [3.63, 3.8) is 0 Å². The van der Waals surface area contributed by atoms with Gasteiger partial charge in [-0.1, -0.05) is 41.5 Å². The molecule has 5 N–H and O–H groups in total. The fraction of sp³-hybridized carbons (Fsp3) is 0.926. The van der Waals surface area contributed by atoms with Gasteiger partial charge in [0.1, 0.15) is 24.4 Å². The van der Waals surface area contributed by atoms with E-state index in [4.69, 9.17) is 14.2 Å². The number of hydrogen-bond acceptors (Lipinski definition) is 8. The molecule has 0 spiro atoms. The predicted molar refractivity (Wildman–Crippen MR) is 141 cm³/mol. The summed E-state index contributed by atoms with van der Waals surface area (Å²) in [7, 11) is 0. The smallest absolute Gasteiger partial charge is 0.225 e. The van der Waals surface area contributed by atoms with Gasteiger partial charge in [0.05, 0.1) is 18.8 Å². The first-order valence-electron chi connectivity index (χ1n) is 13.4. The molecule has 0 aromatic carbocycles. The molecule has 1 aliphatic rings. The summed E-state index contributed by atoms with van der Waals surface area (Å²) < 4.78 is 17.5. The highest BCUT2D eigenvalue weighted by Gasteiger charge is 2.46. The van der Waals surface area contributed by atoms with Gasteiger partial charge >= 0.3 is 0 Å². The van der Waals surface area contributed by atoms with E-state index in [1.54, 1.807) is 0 Å². The summed E-state index contributed by atoms with van der Waals surface area (Å²) >= 11 is 0. The second-order valence-corrected chi connectivity index (χ2v) is 12.6. The highest BCUT2D eigenvalue weighted by Crippen LogP contribution is 2.32. The summed E-state index contributed by atoms with van der Waals surface area (Å²) in [6.07, 6.45) is -2.50. The molecular weight excluding hydrogens is 480 g/mol. The van der Waals surface area contributed by atoms with Gasteiger partial charge in [-0.15, -0.1) is 0 Å². The minimum absolute atomic E-state index is 0.0158. The van der Waals surface area contributed by atoms with Crippen LogP contribution in [0.5, 0.6) is 0 Å². The van der Waals surface area contributed by atoms with Gasteiger partial charge in [0.25, 0.3) is 0 Å². The van der Waals surface area contributed by atoms with Gasteiger partial charge in [-0.05, 0) is 44.4 Å². The largest absolute Gasteiger partial charge is 0.394 e. The highest BCUT2D eigenvalue weighted by atomic mass is 16.7. The van der Waals surface area contributed by atoms with Crippen molar-refractivity contribution in [3.05, 3.63) is 0 Å². The fourth-order valence-electron chi connectivity index (χ4n) is 5.08. The first-order valence-corrected chi connectivity index (χ1v) is 13.4. The van der Waals surface area contributed by atoms with E-state index in [1.165, 1.54) is 6.92 Å². The summed E-state index contributed by atoms with van der Waals surface area (Å²) in [5, 5.41) is 35.8. The van der Waals surface area contributed by atoms with Crippen molar-refractivity contribution in [2.24, 2.45) is 16.7 Å². The Kier molecular flexibility index (Phi) is 12.9. The molecule has 1 rings (SSSR count). The molecule has 0 bridgehead atoms. The molecule has 6 unspecified atom stereocenters. The number of carbonyl (C=O) groups excluding carboxylic acids is 2. The topological polar surface area (TPSA) is 147 Å². The lowest BCUT2D eigenvalue weighted by Crippen LogP contribution is -2.64. The second-order valence-electron chi connectivity index (χ2n) is 12.6. The molecule has 37 heavy (non-hydrogen) atoms. The number of amides is 2. The zero-order valence-electron chi connectivity index (χ0n) is 24.3. The molecule has 10 nitrogen and oxygen atoms in total. The third-order valence-corrected chi connectivity index (χ3v) is 6.58. The van der Waals surface area contributed by atoms with Crippen LogP contribution in [0, 0.1) is 16.7 Å².